The molecule has 2 aromatic heterocycles. The first-order chi connectivity index (χ1) is 27.4. The van der Waals surface area contributed by atoms with Gasteiger partial charge in [0.1, 0.15) is 29.2 Å². The smallest absolute Gasteiger partial charge is 0.410 e. The number of carbonyl (C=O) groups is 1. The number of halogens is 1. The first-order valence-electron chi connectivity index (χ1n) is 21.6. The second-order valence-electron chi connectivity index (χ2n) is 19.9. The lowest BCUT2D eigenvalue weighted by atomic mass is 9.93. The molecule has 0 aliphatic carbocycles. The standard InChI is InChI=1S/C46H63FN6O4Si/c1-11-30-14-12-15-31-22-29(2)23-35(37(30)31)39-38(47)40-36(24-48-39)41(51-25-32-16-17-33(26-51)53(32)43(54)57-44(3,4)5)50-42(49-40)55-28-46-19-13-21-52(46)34(18-20-46)27-56-58(9,10)45(6,7)8/h12,14-15,22-24,32-34H,11,13,16-21,25-28H2,1-10H3/t32?,33?,34-,46?/m1/s1. The Bertz CT molecular complexity index is 2210. The number of pyridine rings is 1. The van der Waals surface area contributed by atoms with Gasteiger partial charge in [-0.25, -0.2) is 9.18 Å². The van der Waals surface area contributed by atoms with E-state index >= 15 is 4.39 Å². The first-order valence-corrected chi connectivity index (χ1v) is 24.5. The predicted octanol–water partition coefficient (Wildman–Crippen LogP) is 9.84. The van der Waals surface area contributed by atoms with Crippen molar-refractivity contribution < 1.29 is 23.1 Å². The van der Waals surface area contributed by atoms with Gasteiger partial charge in [-0.1, -0.05) is 52.0 Å². The van der Waals surface area contributed by atoms with E-state index < -0.39 is 19.7 Å². The van der Waals surface area contributed by atoms with Gasteiger partial charge in [-0.15, -0.1) is 0 Å². The van der Waals surface area contributed by atoms with Gasteiger partial charge in [-0.2, -0.15) is 9.97 Å². The molecule has 3 unspecified atom stereocenters. The summed E-state index contributed by atoms with van der Waals surface area (Å²) < 4.78 is 36.7. The quantitative estimate of drug-likeness (QED) is 0.153. The number of hydrogen-bond donors (Lipinski definition) is 0. The van der Waals surface area contributed by atoms with Crippen LogP contribution < -0.4 is 9.64 Å². The van der Waals surface area contributed by atoms with Crippen LogP contribution in [0.5, 0.6) is 6.01 Å². The molecule has 0 N–H and O–H groups in total. The fourth-order valence-corrected chi connectivity index (χ4v) is 10.9. The van der Waals surface area contributed by atoms with E-state index in [-0.39, 0.29) is 46.0 Å². The van der Waals surface area contributed by atoms with Crippen molar-refractivity contribution in [2.24, 2.45) is 0 Å². The summed E-state index contributed by atoms with van der Waals surface area (Å²) in [6, 6.07) is 10.8. The summed E-state index contributed by atoms with van der Waals surface area (Å²) in [5.74, 6) is 0.110. The fraction of sp³-hybridized carbons (Fsp3) is 0.609. The fourth-order valence-electron chi connectivity index (χ4n) is 9.85. The maximum absolute atomic E-state index is 17.4. The number of anilines is 1. The molecule has 4 aromatic rings. The lowest BCUT2D eigenvalue weighted by Gasteiger charge is -2.42. The summed E-state index contributed by atoms with van der Waals surface area (Å²) in [4.78, 5) is 34.9. The van der Waals surface area contributed by atoms with E-state index in [0.717, 1.165) is 85.6 Å². The number of carbonyl (C=O) groups excluding carboxylic acids is 1. The number of rotatable bonds is 9. The molecule has 4 fully saturated rings. The van der Waals surface area contributed by atoms with Gasteiger partial charge in [0, 0.05) is 37.5 Å². The summed E-state index contributed by atoms with van der Waals surface area (Å²) >= 11 is 0. The lowest BCUT2D eigenvalue weighted by Crippen LogP contribution is -2.57. The van der Waals surface area contributed by atoms with Crippen LogP contribution in [0.25, 0.3) is 32.9 Å². The van der Waals surface area contributed by atoms with Crippen LogP contribution in [0.1, 0.15) is 98.1 Å². The summed E-state index contributed by atoms with van der Waals surface area (Å²) in [5.41, 5.74) is 2.68. The van der Waals surface area contributed by atoms with E-state index in [1.807, 2.05) is 38.7 Å². The van der Waals surface area contributed by atoms with Crippen LogP contribution in [0, 0.1) is 12.7 Å². The van der Waals surface area contributed by atoms with Crippen molar-refractivity contribution in [3.05, 3.63) is 53.5 Å². The Morgan fingerprint density at radius 1 is 1.02 bits per heavy atom. The summed E-state index contributed by atoms with van der Waals surface area (Å²) in [7, 11) is -1.90. The Labute approximate surface area is 345 Å². The van der Waals surface area contributed by atoms with Crippen molar-refractivity contribution in [3.63, 3.8) is 0 Å². The second-order valence-corrected chi connectivity index (χ2v) is 24.8. The number of fused-ring (bicyclic) bond motifs is 5. The third kappa shape index (κ3) is 7.46. The highest BCUT2D eigenvalue weighted by Gasteiger charge is 2.51. The SMILES string of the molecule is CCc1cccc2cc(C)cc(-c3ncc4c(N5CC6CCC(C5)N6C(=O)OC(C)(C)C)nc(OCC56CCCN5[C@@H](CO[Si](C)(C)C(C)(C)C)CC6)nc4c3F)c12. The zero-order valence-electron chi connectivity index (χ0n) is 36.4. The molecule has 4 aliphatic rings. The summed E-state index contributed by atoms with van der Waals surface area (Å²) in [6.45, 7) is 24.6. The zero-order valence-corrected chi connectivity index (χ0v) is 37.4. The third-order valence-electron chi connectivity index (χ3n) is 13.8. The van der Waals surface area contributed by atoms with Crippen LogP contribution >= 0.6 is 0 Å². The predicted molar refractivity (Wildman–Crippen MR) is 232 cm³/mol. The Morgan fingerprint density at radius 2 is 1.76 bits per heavy atom. The van der Waals surface area contributed by atoms with Crippen LogP contribution in [-0.4, -0.2) is 101 Å². The number of amides is 1. The Morgan fingerprint density at radius 3 is 2.45 bits per heavy atom. The average Bonchev–Trinajstić information content (AvgIpc) is 3.81. The number of aromatic nitrogens is 3. The lowest BCUT2D eigenvalue weighted by molar-refractivity contribution is 0.0122. The van der Waals surface area contributed by atoms with Gasteiger partial charge in [0.05, 0.1) is 23.0 Å². The molecule has 2 bridgehead atoms. The van der Waals surface area contributed by atoms with Crippen LogP contribution in [-0.2, 0) is 15.6 Å². The van der Waals surface area contributed by atoms with Crippen molar-refractivity contribution >= 4 is 41.9 Å². The Kier molecular flexibility index (Phi) is 10.6. The van der Waals surface area contributed by atoms with Gasteiger partial charge in [0.15, 0.2) is 14.1 Å². The number of benzene rings is 2. The van der Waals surface area contributed by atoms with Crippen LogP contribution in [0.4, 0.5) is 15.0 Å². The van der Waals surface area contributed by atoms with Crippen LogP contribution in [0.3, 0.4) is 0 Å². The molecule has 6 heterocycles. The summed E-state index contributed by atoms with van der Waals surface area (Å²) in [6.07, 6.45) is 8.19. The van der Waals surface area contributed by atoms with Gasteiger partial charge >= 0.3 is 12.1 Å². The molecular formula is C46H63FN6O4Si. The third-order valence-corrected chi connectivity index (χ3v) is 18.3. The molecule has 4 saturated heterocycles. The van der Waals surface area contributed by atoms with E-state index in [4.69, 9.17) is 28.9 Å². The van der Waals surface area contributed by atoms with E-state index in [1.54, 1.807) is 6.20 Å². The molecule has 1 amide bonds. The molecule has 8 rings (SSSR count). The van der Waals surface area contributed by atoms with Crippen LogP contribution in [0.2, 0.25) is 18.1 Å². The molecule has 58 heavy (non-hydrogen) atoms. The van der Waals surface area contributed by atoms with Crippen LogP contribution in [0.15, 0.2) is 36.5 Å². The highest BCUT2D eigenvalue weighted by molar-refractivity contribution is 6.74. The monoisotopic (exact) mass is 810 g/mol. The second kappa shape index (κ2) is 15.0. The number of aryl methyl sites for hydroxylation is 2. The molecule has 2 aromatic carbocycles. The number of piperazine rings is 1. The molecule has 312 valence electrons. The Hall–Kier alpha value is -3.87. The molecule has 10 nitrogen and oxygen atoms in total. The molecule has 12 heteroatoms. The molecule has 4 aliphatic heterocycles. The minimum atomic E-state index is -1.90. The topological polar surface area (TPSA) is 93.2 Å². The van der Waals surface area contributed by atoms with E-state index in [0.29, 0.717) is 36.9 Å². The molecule has 0 saturated carbocycles. The number of hydrogen-bond acceptors (Lipinski definition) is 9. The largest absolute Gasteiger partial charge is 0.461 e. The highest BCUT2D eigenvalue weighted by atomic mass is 28.4. The van der Waals surface area contributed by atoms with Gasteiger partial charge < -0.3 is 18.8 Å². The van der Waals surface area contributed by atoms with Gasteiger partial charge in [-0.05, 0) is 125 Å². The van der Waals surface area contributed by atoms with E-state index in [9.17, 15) is 4.79 Å². The van der Waals surface area contributed by atoms with Gasteiger partial charge in [0.2, 0.25) is 0 Å². The molecular weight excluding hydrogens is 748 g/mol. The molecule has 0 spiro atoms. The normalized spacial score (nSPS) is 23.9. The Balaban J connectivity index is 1.16. The highest BCUT2D eigenvalue weighted by Crippen LogP contribution is 2.45. The van der Waals surface area contributed by atoms with E-state index in [1.165, 1.54) is 0 Å². The maximum atomic E-state index is 17.4. The van der Waals surface area contributed by atoms with Crippen molar-refractivity contribution in [1.82, 2.24) is 24.8 Å². The zero-order chi connectivity index (χ0) is 41.4. The first kappa shape index (κ1) is 40.9. The number of ether oxygens (including phenoxy) is 2. The molecule has 4 atom stereocenters. The average molecular weight is 811 g/mol. The van der Waals surface area contributed by atoms with Crippen molar-refractivity contribution in [3.8, 4) is 17.3 Å². The minimum absolute atomic E-state index is 0.0546. The van der Waals surface area contributed by atoms with Gasteiger partial charge in [-0.3, -0.25) is 14.8 Å². The van der Waals surface area contributed by atoms with E-state index in [2.05, 4.69) is 74.9 Å². The maximum Gasteiger partial charge on any atom is 0.410 e. The summed E-state index contributed by atoms with van der Waals surface area (Å²) in [5, 5.41) is 2.76. The molecule has 0 radical (unpaired) electrons. The van der Waals surface area contributed by atoms with Crippen molar-refractivity contribution in [2.75, 3.05) is 37.7 Å². The van der Waals surface area contributed by atoms with Gasteiger partial charge in [0.25, 0.3) is 0 Å². The van der Waals surface area contributed by atoms with Crippen molar-refractivity contribution in [1.29, 1.82) is 0 Å². The number of nitrogens with zero attached hydrogens (tertiary/aromatic N) is 6. The minimum Gasteiger partial charge on any atom is -0.461 e. The van der Waals surface area contributed by atoms with Crippen molar-refractivity contribution in [2.45, 2.75) is 148 Å².